The molecule has 22 heavy (non-hydrogen) atoms. The predicted octanol–water partition coefficient (Wildman–Crippen LogP) is 0.854. The lowest BCUT2D eigenvalue weighted by Gasteiger charge is -2.37. The molecule has 1 aromatic heterocycles. The van der Waals surface area contributed by atoms with Crippen molar-refractivity contribution in [1.29, 1.82) is 0 Å². The molecular weight excluding hydrogens is 300 g/mol. The second-order valence-corrected chi connectivity index (χ2v) is 7.25. The van der Waals surface area contributed by atoms with Gasteiger partial charge in [0.1, 0.15) is 0 Å². The summed E-state index contributed by atoms with van der Waals surface area (Å²) in [5, 5.41) is 1.05. The monoisotopic (exact) mass is 324 g/mol. The largest absolute Gasteiger partial charge is 0.381 e. The molecule has 3 heterocycles. The minimum absolute atomic E-state index is 0.0990. The average Bonchev–Trinajstić information content (AvgIpc) is 3.01. The van der Waals surface area contributed by atoms with Crippen LogP contribution in [0.1, 0.15) is 17.7 Å². The SMILES string of the molecule is Cc1cnc(N2CCN(C(=O)C(N)C3CCOCC3)CC2)s1. The number of ether oxygens (including phenoxy) is 1. The molecule has 0 spiro atoms. The van der Waals surface area contributed by atoms with E-state index in [1.807, 2.05) is 11.1 Å². The highest BCUT2D eigenvalue weighted by Gasteiger charge is 2.31. The number of thiazole rings is 1. The Morgan fingerprint density at radius 1 is 1.36 bits per heavy atom. The summed E-state index contributed by atoms with van der Waals surface area (Å²) in [5.74, 6) is 0.364. The van der Waals surface area contributed by atoms with Crippen LogP contribution in [-0.2, 0) is 9.53 Å². The van der Waals surface area contributed by atoms with Gasteiger partial charge < -0.3 is 20.3 Å². The number of nitrogens with zero attached hydrogens (tertiary/aromatic N) is 3. The van der Waals surface area contributed by atoms with Gasteiger partial charge in [0.05, 0.1) is 6.04 Å². The molecule has 122 valence electrons. The molecule has 0 bridgehead atoms. The summed E-state index contributed by atoms with van der Waals surface area (Å²) in [6, 6.07) is -0.377. The fourth-order valence-corrected chi connectivity index (χ4v) is 3.91. The molecule has 2 fully saturated rings. The van der Waals surface area contributed by atoms with E-state index in [1.54, 1.807) is 11.3 Å². The van der Waals surface area contributed by atoms with Crippen LogP contribution in [0.5, 0.6) is 0 Å². The molecule has 7 heteroatoms. The predicted molar refractivity (Wildman–Crippen MR) is 87.2 cm³/mol. The van der Waals surface area contributed by atoms with Crippen molar-refractivity contribution < 1.29 is 9.53 Å². The Hall–Kier alpha value is -1.18. The molecule has 0 saturated carbocycles. The van der Waals surface area contributed by atoms with E-state index < -0.39 is 0 Å². The smallest absolute Gasteiger partial charge is 0.239 e. The van der Waals surface area contributed by atoms with E-state index in [-0.39, 0.29) is 17.9 Å². The number of anilines is 1. The third kappa shape index (κ3) is 3.42. The zero-order valence-corrected chi connectivity index (χ0v) is 13.8. The molecule has 1 atom stereocenters. The molecule has 2 saturated heterocycles. The normalized spacial score (nSPS) is 21.9. The maximum absolute atomic E-state index is 12.6. The van der Waals surface area contributed by atoms with Gasteiger partial charge in [-0.25, -0.2) is 4.98 Å². The van der Waals surface area contributed by atoms with Gasteiger partial charge in [-0.05, 0) is 25.7 Å². The lowest BCUT2D eigenvalue weighted by atomic mass is 9.91. The van der Waals surface area contributed by atoms with Gasteiger partial charge in [0.15, 0.2) is 5.13 Å². The number of hydrogen-bond acceptors (Lipinski definition) is 6. The first-order valence-electron chi connectivity index (χ1n) is 7.94. The third-order valence-corrected chi connectivity index (χ3v) is 5.50. The number of carbonyl (C=O) groups excluding carboxylic acids is 1. The second kappa shape index (κ2) is 6.93. The summed E-state index contributed by atoms with van der Waals surface area (Å²) >= 11 is 1.71. The van der Waals surface area contributed by atoms with Crippen molar-refractivity contribution in [3.05, 3.63) is 11.1 Å². The first kappa shape index (κ1) is 15.7. The molecule has 1 aromatic rings. The molecule has 2 aliphatic rings. The Balaban J connectivity index is 1.53. The summed E-state index contributed by atoms with van der Waals surface area (Å²) in [6.07, 6.45) is 3.69. The Morgan fingerprint density at radius 2 is 2.05 bits per heavy atom. The zero-order chi connectivity index (χ0) is 15.5. The number of piperazine rings is 1. The van der Waals surface area contributed by atoms with Gasteiger partial charge in [-0.15, -0.1) is 11.3 Å². The fourth-order valence-electron chi connectivity index (χ4n) is 3.09. The van der Waals surface area contributed by atoms with Crippen LogP contribution in [0.3, 0.4) is 0 Å². The Bertz CT molecular complexity index is 507. The molecule has 0 radical (unpaired) electrons. The molecule has 3 rings (SSSR count). The summed E-state index contributed by atoms with van der Waals surface area (Å²) in [4.78, 5) is 22.4. The average molecular weight is 324 g/mol. The molecule has 2 aliphatic heterocycles. The van der Waals surface area contributed by atoms with Gasteiger partial charge in [-0.3, -0.25) is 4.79 Å². The van der Waals surface area contributed by atoms with E-state index in [9.17, 15) is 4.79 Å². The Morgan fingerprint density at radius 3 is 2.64 bits per heavy atom. The molecule has 1 unspecified atom stereocenters. The Kier molecular flexibility index (Phi) is 4.95. The number of aromatic nitrogens is 1. The van der Waals surface area contributed by atoms with Gasteiger partial charge in [-0.1, -0.05) is 0 Å². The van der Waals surface area contributed by atoms with Crippen molar-refractivity contribution >= 4 is 22.4 Å². The van der Waals surface area contributed by atoms with Crippen LogP contribution in [0.25, 0.3) is 0 Å². The van der Waals surface area contributed by atoms with Gasteiger partial charge in [-0.2, -0.15) is 0 Å². The first-order valence-corrected chi connectivity index (χ1v) is 8.76. The summed E-state index contributed by atoms with van der Waals surface area (Å²) in [5.41, 5.74) is 6.20. The van der Waals surface area contributed by atoms with Crippen LogP contribution in [0.15, 0.2) is 6.20 Å². The van der Waals surface area contributed by atoms with Crippen molar-refractivity contribution in [2.75, 3.05) is 44.3 Å². The standard InChI is InChI=1S/C15H24N4O2S/c1-11-10-17-15(22-11)19-6-4-18(5-7-19)14(20)13(16)12-2-8-21-9-3-12/h10,12-13H,2-9,16H2,1H3. The number of amides is 1. The highest BCUT2D eigenvalue weighted by molar-refractivity contribution is 7.15. The Labute approximate surface area is 135 Å². The zero-order valence-electron chi connectivity index (χ0n) is 13.0. The minimum atomic E-state index is -0.377. The van der Waals surface area contributed by atoms with Gasteiger partial charge in [0.25, 0.3) is 0 Å². The quantitative estimate of drug-likeness (QED) is 0.893. The van der Waals surface area contributed by atoms with Crippen LogP contribution in [-0.4, -0.2) is 61.2 Å². The minimum Gasteiger partial charge on any atom is -0.381 e. The van der Waals surface area contributed by atoms with Crippen LogP contribution >= 0.6 is 11.3 Å². The molecule has 6 nitrogen and oxygen atoms in total. The van der Waals surface area contributed by atoms with Crippen LogP contribution in [0.4, 0.5) is 5.13 Å². The molecular formula is C15H24N4O2S. The summed E-state index contributed by atoms with van der Waals surface area (Å²) in [7, 11) is 0. The second-order valence-electron chi connectivity index (χ2n) is 6.04. The van der Waals surface area contributed by atoms with Crippen LogP contribution in [0, 0.1) is 12.8 Å². The molecule has 0 aromatic carbocycles. The van der Waals surface area contributed by atoms with Crippen molar-refractivity contribution in [3.8, 4) is 0 Å². The topological polar surface area (TPSA) is 71.7 Å². The van der Waals surface area contributed by atoms with Gasteiger partial charge in [0, 0.05) is 50.5 Å². The summed E-state index contributed by atoms with van der Waals surface area (Å²) < 4.78 is 5.35. The number of rotatable bonds is 3. The number of hydrogen-bond donors (Lipinski definition) is 1. The van der Waals surface area contributed by atoms with E-state index in [2.05, 4.69) is 16.8 Å². The van der Waals surface area contributed by atoms with Crippen molar-refractivity contribution in [2.24, 2.45) is 11.7 Å². The van der Waals surface area contributed by atoms with Gasteiger partial charge in [0.2, 0.25) is 5.91 Å². The van der Waals surface area contributed by atoms with Crippen molar-refractivity contribution in [3.63, 3.8) is 0 Å². The van der Waals surface area contributed by atoms with E-state index in [4.69, 9.17) is 10.5 Å². The lowest BCUT2D eigenvalue weighted by molar-refractivity contribution is -0.135. The highest BCUT2D eigenvalue weighted by Crippen LogP contribution is 2.24. The van der Waals surface area contributed by atoms with Crippen molar-refractivity contribution in [2.45, 2.75) is 25.8 Å². The summed E-state index contributed by atoms with van der Waals surface area (Å²) in [6.45, 7) is 6.64. The van der Waals surface area contributed by atoms with E-state index >= 15 is 0 Å². The van der Waals surface area contributed by atoms with E-state index in [0.717, 1.165) is 57.4 Å². The number of carbonyl (C=O) groups is 1. The van der Waals surface area contributed by atoms with Crippen LogP contribution in [0.2, 0.25) is 0 Å². The maximum atomic E-state index is 12.6. The third-order valence-electron chi connectivity index (χ3n) is 4.53. The molecule has 0 aliphatic carbocycles. The highest BCUT2D eigenvalue weighted by atomic mass is 32.1. The first-order chi connectivity index (χ1) is 10.6. The maximum Gasteiger partial charge on any atom is 0.239 e. The fraction of sp³-hybridized carbons (Fsp3) is 0.733. The van der Waals surface area contributed by atoms with Crippen molar-refractivity contribution in [1.82, 2.24) is 9.88 Å². The molecule has 1 amide bonds. The van der Waals surface area contributed by atoms with E-state index in [1.165, 1.54) is 4.88 Å². The van der Waals surface area contributed by atoms with Crippen LogP contribution < -0.4 is 10.6 Å². The molecule has 2 N–H and O–H groups in total. The van der Waals surface area contributed by atoms with E-state index in [0.29, 0.717) is 0 Å². The number of aryl methyl sites for hydroxylation is 1. The lowest BCUT2D eigenvalue weighted by Crippen LogP contribution is -2.55. The van der Waals surface area contributed by atoms with Gasteiger partial charge >= 0.3 is 0 Å². The number of nitrogens with two attached hydrogens (primary N) is 1.